The van der Waals surface area contributed by atoms with Gasteiger partial charge in [0.1, 0.15) is 15.8 Å². The number of aryl methyl sites for hydroxylation is 1. The van der Waals surface area contributed by atoms with Crippen LogP contribution >= 0.6 is 11.3 Å². The number of rotatable bonds is 2. The number of nitrogens with two attached hydrogens (primary N) is 1. The van der Waals surface area contributed by atoms with Crippen molar-refractivity contribution in [1.82, 2.24) is 4.98 Å². The van der Waals surface area contributed by atoms with E-state index in [1.54, 1.807) is 0 Å². The van der Waals surface area contributed by atoms with E-state index in [1.165, 1.54) is 35.4 Å². The largest absolute Gasteiger partial charge is 0.396 e. The zero-order valence-corrected chi connectivity index (χ0v) is 14.1. The molecule has 0 fully saturated rings. The van der Waals surface area contributed by atoms with Crippen LogP contribution < -0.4 is 5.73 Å². The Kier molecular flexibility index (Phi) is 3.79. The Balaban J connectivity index is 1.96. The van der Waals surface area contributed by atoms with Crippen molar-refractivity contribution in [2.45, 2.75) is 25.7 Å². The fourth-order valence-electron chi connectivity index (χ4n) is 3.36. The molecule has 24 heavy (non-hydrogen) atoms. The van der Waals surface area contributed by atoms with E-state index in [9.17, 15) is 5.26 Å². The number of hydrogen-bond acceptors (Lipinski definition) is 4. The van der Waals surface area contributed by atoms with Gasteiger partial charge in [-0.3, -0.25) is 0 Å². The maximum atomic E-state index is 9.32. The summed E-state index contributed by atoms with van der Waals surface area (Å²) in [7, 11) is 0. The molecule has 0 radical (unpaired) electrons. The Hall–Kier alpha value is -2.64. The first-order valence-corrected chi connectivity index (χ1v) is 8.96. The van der Waals surface area contributed by atoms with Gasteiger partial charge in [0.2, 0.25) is 0 Å². The fraction of sp³-hybridized carbons (Fsp3) is 0.200. The molecule has 2 heterocycles. The van der Waals surface area contributed by atoms with Gasteiger partial charge in [-0.2, -0.15) is 5.26 Å². The summed E-state index contributed by atoms with van der Waals surface area (Å²) in [6.45, 7) is 0. The lowest BCUT2D eigenvalue weighted by atomic mass is 9.90. The van der Waals surface area contributed by atoms with Crippen LogP contribution in [0.5, 0.6) is 0 Å². The van der Waals surface area contributed by atoms with E-state index in [-0.39, 0.29) is 0 Å². The molecule has 2 aromatic heterocycles. The molecular weight excluding hydrogens is 314 g/mol. The SMILES string of the molecule is N#Cc1sc2nc3c(c(/C=C/c4ccccc4)c2c1N)CCCC3. The lowest BCUT2D eigenvalue weighted by molar-refractivity contribution is 0.671. The highest BCUT2D eigenvalue weighted by atomic mass is 32.1. The fourth-order valence-corrected chi connectivity index (χ4v) is 4.29. The van der Waals surface area contributed by atoms with Gasteiger partial charge in [-0.15, -0.1) is 11.3 Å². The summed E-state index contributed by atoms with van der Waals surface area (Å²) < 4.78 is 0. The van der Waals surface area contributed by atoms with Gasteiger partial charge in [-0.05, 0) is 42.4 Å². The molecule has 1 aliphatic carbocycles. The molecule has 4 rings (SSSR count). The maximum Gasteiger partial charge on any atom is 0.130 e. The minimum Gasteiger partial charge on any atom is -0.396 e. The van der Waals surface area contributed by atoms with Crippen LogP contribution in [0, 0.1) is 11.3 Å². The molecule has 2 N–H and O–H groups in total. The highest BCUT2D eigenvalue weighted by Crippen LogP contribution is 2.39. The summed E-state index contributed by atoms with van der Waals surface area (Å²) in [5.74, 6) is 0. The Morgan fingerprint density at radius 1 is 1.12 bits per heavy atom. The Bertz CT molecular complexity index is 978. The monoisotopic (exact) mass is 331 g/mol. The number of nitrogens with zero attached hydrogens (tertiary/aromatic N) is 2. The summed E-state index contributed by atoms with van der Waals surface area (Å²) in [5, 5.41) is 10.3. The van der Waals surface area contributed by atoms with Gasteiger partial charge in [0.15, 0.2) is 0 Å². The summed E-state index contributed by atoms with van der Waals surface area (Å²) in [4.78, 5) is 6.26. The van der Waals surface area contributed by atoms with Crippen LogP contribution in [0.4, 0.5) is 5.69 Å². The third-order valence-corrected chi connectivity index (χ3v) is 5.54. The molecule has 0 unspecified atom stereocenters. The molecule has 0 saturated heterocycles. The molecule has 3 aromatic rings. The molecule has 0 aliphatic heterocycles. The molecule has 3 nitrogen and oxygen atoms in total. The second kappa shape index (κ2) is 6.10. The number of hydrogen-bond donors (Lipinski definition) is 1. The van der Waals surface area contributed by atoms with Gasteiger partial charge in [-0.25, -0.2) is 4.98 Å². The standard InChI is InChI=1S/C20H17N3S/c21-12-17-19(22)18-15(11-10-13-6-2-1-3-7-13)14-8-4-5-9-16(14)23-20(18)24-17/h1-3,6-7,10-11H,4-5,8-9,22H2/b11-10+. The van der Waals surface area contributed by atoms with Gasteiger partial charge < -0.3 is 5.73 Å². The molecule has 0 saturated carbocycles. The number of aromatic nitrogens is 1. The van der Waals surface area contributed by atoms with Crippen LogP contribution in [-0.4, -0.2) is 4.98 Å². The first kappa shape index (κ1) is 14.9. The van der Waals surface area contributed by atoms with E-state index < -0.39 is 0 Å². The number of thiophene rings is 1. The van der Waals surface area contributed by atoms with Crippen molar-refractivity contribution in [3.8, 4) is 6.07 Å². The predicted molar refractivity (Wildman–Crippen MR) is 101 cm³/mol. The van der Waals surface area contributed by atoms with Crippen LogP contribution in [0.25, 0.3) is 22.4 Å². The van der Waals surface area contributed by atoms with E-state index in [0.717, 1.165) is 34.2 Å². The van der Waals surface area contributed by atoms with Crippen LogP contribution in [0.2, 0.25) is 0 Å². The summed E-state index contributed by atoms with van der Waals surface area (Å²) >= 11 is 1.40. The summed E-state index contributed by atoms with van der Waals surface area (Å²) in [5.41, 5.74) is 11.6. The number of fused-ring (bicyclic) bond motifs is 2. The van der Waals surface area contributed by atoms with E-state index in [2.05, 4.69) is 30.4 Å². The van der Waals surface area contributed by atoms with Crippen molar-refractivity contribution in [3.05, 3.63) is 57.6 Å². The first-order valence-electron chi connectivity index (χ1n) is 8.15. The van der Waals surface area contributed by atoms with E-state index in [0.29, 0.717) is 10.6 Å². The molecule has 1 aliphatic rings. The third-order valence-electron chi connectivity index (χ3n) is 4.54. The minimum atomic E-state index is 0.564. The second-order valence-electron chi connectivity index (χ2n) is 6.04. The van der Waals surface area contributed by atoms with Crippen LogP contribution in [0.15, 0.2) is 30.3 Å². The van der Waals surface area contributed by atoms with Crippen LogP contribution in [0.3, 0.4) is 0 Å². The number of nitriles is 1. The zero-order chi connectivity index (χ0) is 16.5. The Labute approximate surface area is 145 Å². The molecule has 0 atom stereocenters. The number of anilines is 1. The smallest absolute Gasteiger partial charge is 0.130 e. The average Bonchev–Trinajstić information content (AvgIpc) is 2.95. The average molecular weight is 331 g/mol. The van der Waals surface area contributed by atoms with Crippen molar-refractivity contribution in [2.24, 2.45) is 0 Å². The highest BCUT2D eigenvalue weighted by Gasteiger charge is 2.21. The predicted octanol–water partition coefficient (Wildman–Crippen LogP) is 4.80. The van der Waals surface area contributed by atoms with Gasteiger partial charge in [0.05, 0.1) is 5.69 Å². The Morgan fingerprint density at radius 3 is 2.71 bits per heavy atom. The second-order valence-corrected chi connectivity index (χ2v) is 7.04. The molecular formula is C20H17N3S. The highest BCUT2D eigenvalue weighted by molar-refractivity contribution is 7.19. The molecule has 118 valence electrons. The number of nitrogen functional groups attached to an aromatic ring is 1. The number of pyridine rings is 1. The van der Waals surface area contributed by atoms with Gasteiger partial charge in [0, 0.05) is 11.1 Å². The molecule has 0 amide bonds. The normalized spacial score (nSPS) is 14.0. The van der Waals surface area contributed by atoms with Crippen molar-refractivity contribution in [3.63, 3.8) is 0 Å². The van der Waals surface area contributed by atoms with Crippen molar-refractivity contribution in [1.29, 1.82) is 5.26 Å². The van der Waals surface area contributed by atoms with Crippen molar-refractivity contribution in [2.75, 3.05) is 5.73 Å². The van der Waals surface area contributed by atoms with Crippen molar-refractivity contribution < 1.29 is 0 Å². The van der Waals surface area contributed by atoms with Gasteiger partial charge >= 0.3 is 0 Å². The zero-order valence-electron chi connectivity index (χ0n) is 13.2. The van der Waals surface area contributed by atoms with Gasteiger partial charge in [-0.1, -0.05) is 42.5 Å². The van der Waals surface area contributed by atoms with E-state index in [4.69, 9.17) is 10.7 Å². The number of benzene rings is 1. The minimum absolute atomic E-state index is 0.564. The van der Waals surface area contributed by atoms with E-state index >= 15 is 0 Å². The van der Waals surface area contributed by atoms with Crippen molar-refractivity contribution >= 4 is 39.4 Å². The van der Waals surface area contributed by atoms with E-state index in [1.807, 2.05) is 18.2 Å². The first-order chi connectivity index (χ1) is 11.8. The molecule has 1 aromatic carbocycles. The topological polar surface area (TPSA) is 62.7 Å². The lowest BCUT2D eigenvalue weighted by Crippen LogP contribution is -2.07. The summed E-state index contributed by atoms with van der Waals surface area (Å²) in [6, 6.07) is 12.4. The molecule has 4 heteroatoms. The van der Waals surface area contributed by atoms with Gasteiger partial charge in [0.25, 0.3) is 0 Å². The third kappa shape index (κ3) is 2.47. The summed E-state index contributed by atoms with van der Waals surface area (Å²) in [6.07, 6.45) is 8.67. The van der Waals surface area contributed by atoms with Crippen LogP contribution in [-0.2, 0) is 12.8 Å². The van der Waals surface area contributed by atoms with Crippen LogP contribution in [0.1, 0.15) is 40.1 Å². The quantitative estimate of drug-likeness (QED) is 0.733. The lowest BCUT2D eigenvalue weighted by Gasteiger charge is -2.18. The molecule has 0 bridgehead atoms. The maximum absolute atomic E-state index is 9.32. The Morgan fingerprint density at radius 2 is 1.92 bits per heavy atom. The molecule has 0 spiro atoms.